The van der Waals surface area contributed by atoms with Crippen LogP contribution >= 0.6 is 0 Å². The van der Waals surface area contributed by atoms with Gasteiger partial charge < -0.3 is 26.4 Å². The summed E-state index contributed by atoms with van der Waals surface area (Å²) in [7, 11) is 1.63. The molecular formula is C21H30N4O5. The van der Waals surface area contributed by atoms with Gasteiger partial charge in [0.2, 0.25) is 11.8 Å². The van der Waals surface area contributed by atoms with E-state index in [0.717, 1.165) is 0 Å². The molecule has 1 aromatic rings. The van der Waals surface area contributed by atoms with Crippen LogP contribution in [0.3, 0.4) is 0 Å². The van der Waals surface area contributed by atoms with Gasteiger partial charge in [-0.3, -0.25) is 19.2 Å². The normalized spacial score (nSPS) is 13.3. The Bertz CT molecular complexity index is 777. The van der Waals surface area contributed by atoms with Crippen LogP contribution in [0, 0.1) is 5.92 Å². The maximum absolute atomic E-state index is 12.9. The first-order chi connectivity index (χ1) is 14.1. The van der Waals surface area contributed by atoms with Gasteiger partial charge in [0, 0.05) is 0 Å². The minimum atomic E-state index is -1.21. The molecule has 0 fully saturated rings. The summed E-state index contributed by atoms with van der Waals surface area (Å²) in [5.41, 5.74) is 0.531. The van der Waals surface area contributed by atoms with Gasteiger partial charge in [-0.15, -0.1) is 0 Å². The van der Waals surface area contributed by atoms with Gasteiger partial charge in [-0.2, -0.15) is 0 Å². The van der Waals surface area contributed by atoms with Crippen LogP contribution in [0.2, 0.25) is 0 Å². The van der Waals surface area contributed by atoms with Crippen LogP contribution in [0.4, 0.5) is 0 Å². The molecule has 3 amide bonds. The molecule has 164 valence electrons. The van der Waals surface area contributed by atoms with E-state index in [-0.39, 0.29) is 17.5 Å². The molecule has 2 atom stereocenters. The molecule has 0 bridgehead atoms. The van der Waals surface area contributed by atoms with Crippen LogP contribution in [0.15, 0.2) is 36.0 Å². The first-order valence-electron chi connectivity index (χ1n) is 9.69. The standard InChI is InChI=1S/C21H30N4O5/c1-13(2)10-16(24-19(28)14(3)22-4)21(30)25-17(20(29)23-12-18(26)27)11-15-8-6-5-7-9-15/h5-9,11,13-14,16,22H,10,12H2,1-4H3,(H,23,29)(H,24,28)(H,25,30)(H,26,27)/b17-11-/t14-,16+/m0/s1. The molecule has 9 heteroatoms. The summed E-state index contributed by atoms with van der Waals surface area (Å²) in [5.74, 6) is -2.75. The van der Waals surface area contributed by atoms with Gasteiger partial charge in [-0.25, -0.2) is 0 Å². The van der Waals surface area contributed by atoms with Gasteiger partial charge in [0.25, 0.3) is 5.91 Å². The number of likely N-dealkylation sites (N-methyl/N-ethyl adjacent to an activating group) is 1. The van der Waals surface area contributed by atoms with Crippen LogP contribution in [0.1, 0.15) is 32.8 Å². The largest absolute Gasteiger partial charge is 0.480 e. The molecule has 0 spiro atoms. The lowest BCUT2D eigenvalue weighted by Crippen LogP contribution is -2.52. The van der Waals surface area contributed by atoms with E-state index in [1.165, 1.54) is 6.08 Å². The van der Waals surface area contributed by atoms with Gasteiger partial charge in [-0.1, -0.05) is 44.2 Å². The number of carboxylic acids is 1. The van der Waals surface area contributed by atoms with E-state index in [4.69, 9.17) is 5.11 Å². The zero-order valence-electron chi connectivity index (χ0n) is 17.7. The maximum Gasteiger partial charge on any atom is 0.322 e. The molecule has 1 aromatic carbocycles. The van der Waals surface area contributed by atoms with Gasteiger partial charge >= 0.3 is 5.97 Å². The minimum absolute atomic E-state index is 0.105. The zero-order valence-corrected chi connectivity index (χ0v) is 17.7. The molecule has 0 saturated heterocycles. The monoisotopic (exact) mass is 418 g/mol. The highest BCUT2D eigenvalue weighted by Crippen LogP contribution is 2.09. The first-order valence-corrected chi connectivity index (χ1v) is 9.69. The van der Waals surface area contributed by atoms with E-state index in [0.29, 0.717) is 12.0 Å². The van der Waals surface area contributed by atoms with Crippen molar-refractivity contribution in [3.05, 3.63) is 41.6 Å². The van der Waals surface area contributed by atoms with Crippen LogP contribution in [-0.4, -0.2) is 54.5 Å². The predicted octanol–water partition coefficient (Wildman–Crippen LogP) is 0.483. The summed E-state index contributed by atoms with van der Waals surface area (Å²) in [6.45, 7) is 4.90. The molecule has 0 unspecified atom stereocenters. The maximum atomic E-state index is 12.9. The molecule has 0 aliphatic rings. The van der Waals surface area contributed by atoms with Crippen molar-refractivity contribution in [1.29, 1.82) is 0 Å². The Balaban J connectivity index is 3.08. The third kappa shape index (κ3) is 8.87. The number of benzene rings is 1. The topological polar surface area (TPSA) is 137 Å². The highest BCUT2D eigenvalue weighted by atomic mass is 16.4. The Morgan fingerprint density at radius 2 is 1.67 bits per heavy atom. The predicted molar refractivity (Wildman–Crippen MR) is 113 cm³/mol. The molecule has 30 heavy (non-hydrogen) atoms. The lowest BCUT2D eigenvalue weighted by molar-refractivity contribution is -0.137. The molecule has 0 heterocycles. The fourth-order valence-electron chi connectivity index (χ4n) is 2.48. The fraction of sp³-hybridized carbons (Fsp3) is 0.429. The van der Waals surface area contributed by atoms with Crippen molar-refractivity contribution in [3.8, 4) is 0 Å². The van der Waals surface area contributed by atoms with Gasteiger partial charge in [-0.05, 0) is 37.9 Å². The van der Waals surface area contributed by atoms with Crippen molar-refractivity contribution in [2.24, 2.45) is 5.92 Å². The fourth-order valence-corrected chi connectivity index (χ4v) is 2.48. The number of hydrogen-bond donors (Lipinski definition) is 5. The number of hydrogen-bond acceptors (Lipinski definition) is 5. The molecule has 5 N–H and O–H groups in total. The van der Waals surface area contributed by atoms with E-state index in [9.17, 15) is 19.2 Å². The molecule has 0 aromatic heterocycles. The van der Waals surface area contributed by atoms with Crippen molar-refractivity contribution in [3.63, 3.8) is 0 Å². The van der Waals surface area contributed by atoms with Crippen LogP contribution < -0.4 is 21.3 Å². The number of nitrogens with one attached hydrogen (secondary N) is 4. The van der Waals surface area contributed by atoms with E-state index in [1.54, 1.807) is 44.3 Å². The second-order valence-electron chi connectivity index (χ2n) is 7.24. The summed E-state index contributed by atoms with van der Waals surface area (Å²) < 4.78 is 0. The number of carboxylic acid groups (broad SMARTS) is 1. The van der Waals surface area contributed by atoms with E-state index < -0.39 is 36.4 Å². The lowest BCUT2D eigenvalue weighted by atomic mass is 10.0. The number of carbonyl (C=O) groups excluding carboxylic acids is 3. The van der Waals surface area contributed by atoms with Crippen molar-refractivity contribution in [2.45, 2.75) is 39.3 Å². The smallest absolute Gasteiger partial charge is 0.322 e. The SMILES string of the molecule is CN[C@@H](C)C(=O)N[C@H](CC(C)C)C(=O)N/C(=C\c1ccccc1)C(=O)NCC(=O)O. The summed E-state index contributed by atoms with van der Waals surface area (Å²) >= 11 is 0. The van der Waals surface area contributed by atoms with E-state index in [2.05, 4.69) is 21.3 Å². The Morgan fingerprint density at radius 3 is 2.20 bits per heavy atom. The summed E-state index contributed by atoms with van der Waals surface area (Å²) in [5, 5.41) is 19.1. The van der Waals surface area contributed by atoms with Gasteiger partial charge in [0.15, 0.2) is 0 Å². The minimum Gasteiger partial charge on any atom is -0.480 e. The molecule has 0 aliphatic carbocycles. The van der Waals surface area contributed by atoms with Crippen molar-refractivity contribution in [1.82, 2.24) is 21.3 Å². The van der Waals surface area contributed by atoms with Gasteiger partial charge in [0.1, 0.15) is 18.3 Å². The average molecular weight is 418 g/mol. The number of amides is 3. The Hall–Kier alpha value is -3.20. The Kier molecular flexibility index (Phi) is 10.3. The molecule has 0 aliphatic heterocycles. The second kappa shape index (κ2) is 12.4. The van der Waals surface area contributed by atoms with Gasteiger partial charge in [0.05, 0.1) is 6.04 Å². The number of aliphatic carboxylic acids is 1. The summed E-state index contributed by atoms with van der Waals surface area (Å²) in [6, 6.07) is 7.45. The highest BCUT2D eigenvalue weighted by Gasteiger charge is 2.26. The molecular weight excluding hydrogens is 388 g/mol. The van der Waals surface area contributed by atoms with E-state index >= 15 is 0 Å². The number of carbonyl (C=O) groups is 4. The third-order valence-corrected chi connectivity index (χ3v) is 4.18. The third-order valence-electron chi connectivity index (χ3n) is 4.18. The molecule has 0 saturated carbocycles. The number of rotatable bonds is 11. The first kappa shape index (κ1) is 24.8. The highest BCUT2D eigenvalue weighted by molar-refractivity contribution is 6.03. The van der Waals surface area contributed by atoms with Crippen molar-refractivity contribution < 1.29 is 24.3 Å². The molecule has 0 radical (unpaired) electrons. The second-order valence-corrected chi connectivity index (χ2v) is 7.24. The van der Waals surface area contributed by atoms with Crippen molar-refractivity contribution in [2.75, 3.05) is 13.6 Å². The summed E-state index contributed by atoms with van der Waals surface area (Å²) in [6.07, 6.45) is 1.81. The summed E-state index contributed by atoms with van der Waals surface area (Å²) in [4.78, 5) is 48.4. The van der Waals surface area contributed by atoms with Crippen LogP contribution in [0.25, 0.3) is 6.08 Å². The average Bonchev–Trinajstić information content (AvgIpc) is 2.70. The molecule has 1 rings (SSSR count). The zero-order chi connectivity index (χ0) is 22.7. The van der Waals surface area contributed by atoms with E-state index in [1.807, 2.05) is 13.8 Å². The van der Waals surface area contributed by atoms with Crippen molar-refractivity contribution >= 4 is 29.8 Å². The van der Waals surface area contributed by atoms with Crippen LogP contribution in [-0.2, 0) is 19.2 Å². The molecule has 9 nitrogen and oxygen atoms in total. The Morgan fingerprint density at radius 1 is 1.03 bits per heavy atom. The quantitative estimate of drug-likeness (QED) is 0.332. The Labute approximate surface area is 176 Å². The van der Waals surface area contributed by atoms with Crippen LogP contribution in [0.5, 0.6) is 0 Å². The lowest BCUT2D eigenvalue weighted by Gasteiger charge is -2.22.